The minimum atomic E-state index is -3.97. The summed E-state index contributed by atoms with van der Waals surface area (Å²) in [6, 6.07) is 11.8. The summed E-state index contributed by atoms with van der Waals surface area (Å²) in [5.74, 6) is -0.901. The Morgan fingerprint density at radius 2 is 1.62 bits per heavy atom. The van der Waals surface area contributed by atoms with E-state index in [9.17, 15) is 18.0 Å². The summed E-state index contributed by atoms with van der Waals surface area (Å²) in [5.41, 5.74) is 1.58. The molecule has 11 heteroatoms. The Morgan fingerprint density at radius 3 is 2.21 bits per heavy atom. The van der Waals surface area contributed by atoms with Gasteiger partial charge in [-0.2, -0.15) is 4.72 Å². The van der Waals surface area contributed by atoms with Gasteiger partial charge in [0.1, 0.15) is 11.8 Å². The molecule has 1 amide bonds. The third kappa shape index (κ3) is 6.69. The number of carbonyl (C=O) groups excluding carboxylic acids is 2. The Balaban J connectivity index is 1.51. The number of carbonyl (C=O) groups is 2. The largest absolute Gasteiger partial charge is 0.497 e. The molecule has 2 aromatic rings. The van der Waals surface area contributed by atoms with Gasteiger partial charge in [-0.05, 0) is 62.4 Å². The van der Waals surface area contributed by atoms with Crippen LogP contribution in [-0.4, -0.2) is 65.9 Å². The van der Waals surface area contributed by atoms with Crippen molar-refractivity contribution in [3.8, 4) is 5.75 Å². The van der Waals surface area contributed by atoms with Gasteiger partial charge >= 0.3 is 5.97 Å². The van der Waals surface area contributed by atoms with Crippen LogP contribution in [0.1, 0.15) is 13.8 Å². The maximum absolute atomic E-state index is 12.5. The Kier molecular flexibility index (Phi) is 8.48. The molecule has 0 aromatic heterocycles. The van der Waals surface area contributed by atoms with E-state index in [0.717, 1.165) is 18.8 Å². The molecule has 184 valence electrons. The van der Waals surface area contributed by atoms with Gasteiger partial charge in [-0.3, -0.25) is 9.59 Å². The average Bonchev–Trinajstić information content (AvgIpc) is 2.84. The fourth-order valence-electron chi connectivity index (χ4n) is 3.25. The summed E-state index contributed by atoms with van der Waals surface area (Å²) in [4.78, 5) is 27.0. The lowest BCUT2D eigenvalue weighted by atomic mass is 10.2. The summed E-state index contributed by atoms with van der Waals surface area (Å²) in [7, 11) is -2.50. The third-order valence-corrected chi connectivity index (χ3v) is 6.79. The first-order chi connectivity index (χ1) is 16.2. The van der Waals surface area contributed by atoms with E-state index >= 15 is 0 Å². The Labute approximate surface area is 199 Å². The second-order valence-corrected chi connectivity index (χ2v) is 9.45. The maximum Gasteiger partial charge on any atom is 0.324 e. The highest BCUT2D eigenvalue weighted by Gasteiger charge is 2.26. The summed E-state index contributed by atoms with van der Waals surface area (Å²) in [6.45, 7) is 5.72. The number of methoxy groups -OCH3 is 1. The topological polar surface area (TPSA) is 123 Å². The first-order valence-corrected chi connectivity index (χ1v) is 12.3. The number of rotatable bonds is 9. The second kappa shape index (κ2) is 11.3. The zero-order valence-electron chi connectivity index (χ0n) is 19.3. The fraction of sp³-hybridized carbons (Fsp3) is 0.391. The molecule has 1 aliphatic rings. The molecule has 3 rings (SSSR count). The van der Waals surface area contributed by atoms with Gasteiger partial charge in [0.2, 0.25) is 10.0 Å². The van der Waals surface area contributed by atoms with E-state index < -0.39 is 34.0 Å². The Morgan fingerprint density at radius 1 is 1.00 bits per heavy atom. The standard InChI is InChI=1S/C23H29N3O7S/c1-16(25-34(29,30)21-10-8-20(31-3)9-11-21)23(28)33-17(2)22(27)24-18-4-6-19(7-5-18)26-12-14-32-15-13-26/h4-11,16-17,25H,12-15H2,1-3H3,(H,24,27)/t16-,17?/m0/s1. The molecular formula is C23H29N3O7S. The number of esters is 1. The molecule has 10 nitrogen and oxygen atoms in total. The molecule has 1 heterocycles. The van der Waals surface area contributed by atoms with E-state index in [-0.39, 0.29) is 4.90 Å². The number of morpholine rings is 1. The maximum atomic E-state index is 12.5. The van der Waals surface area contributed by atoms with Crippen molar-refractivity contribution < 1.29 is 32.2 Å². The van der Waals surface area contributed by atoms with Crippen molar-refractivity contribution in [2.24, 2.45) is 0 Å². The molecule has 1 aliphatic heterocycles. The van der Waals surface area contributed by atoms with Crippen molar-refractivity contribution in [1.29, 1.82) is 0 Å². The molecule has 1 unspecified atom stereocenters. The van der Waals surface area contributed by atoms with E-state index in [2.05, 4.69) is 14.9 Å². The number of amides is 1. The molecule has 1 fully saturated rings. The molecule has 0 bridgehead atoms. The van der Waals surface area contributed by atoms with E-state index in [1.54, 1.807) is 12.1 Å². The first kappa shape index (κ1) is 25.5. The van der Waals surface area contributed by atoms with Gasteiger partial charge in [0.25, 0.3) is 5.91 Å². The summed E-state index contributed by atoms with van der Waals surface area (Å²) < 4.78 is 42.8. The molecule has 0 saturated carbocycles. The lowest BCUT2D eigenvalue weighted by Gasteiger charge is -2.29. The normalized spacial score (nSPS) is 15.8. The molecule has 34 heavy (non-hydrogen) atoms. The summed E-state index contributed by atoms with van der Waals surface area (Å²) in [5, 5.41) is 2.69. The predicted molar refractivity (Wildman–Crippen MR) is 126 cm³/mol. The van der Waals surface area contributed by atoms with Crippen LogP contribution in [0.15, 0.2) is 53.4 Å². The van der Waals surface area contributed by atoms with Crippen LogP contribution in [0, 0.1) is 0 Å². The highest BCUT2D eigenvalue weighted by Crippen LogP contribution is 2.19. The molecule has 1 saturated heterocycles. The van der Waals surface area contributed by atoms with Crippen molar-refractivity contribution in [3.05, 3.63) is 48.5 Å². The van der Waals surface area contributed by atoms with Crippen molar-refractivity contribution in [1.82, 2.24) is 4.72 Å². The first-order valence-electron chi connectivity index (χ1n) is 10.8. The van der Waals surface area contributed by atoms with Crippen molar-refractivity contribution >= 4 is 33.3 Å². The monoisotopic (exact) mass is 491 g/mol. The van der Waals surface area contributed by atoms with E-state index in [0.29, 0.717) is 24.7 Å². The van der Waals surface area contributed by atoms with Crippen LogP contribution in [-0.2, 0) is 29.1 Å². The van der Waals surface area contributed by atoms with Gasteiger partial charge in [0, 0.05) is 24.5 Å². The average molecular weight is 492 g/mol. The second-order valence-electron chi connectivity index (χ2n) is 7.73. The van der Waals surface area contributed by atoms with Crippen LogP contribution < -0.4 is 19.7 Å². The number of ether oxygens (including phenoxy) is 3. The van der Waals surface area contributed by atoms with E-state index in [1.165, 1.54) is 45.2 Å². The van der Waals surface area contributed by atoms with Gasteiger partial charge in [0.15, 0.2) is 6.10 Å². The number of nitrogens with zero attached hydrogens (tertiary/aromatic N) is 1. The van der Waals surface area contributed by atoms with E-state index in [4.69, 9.17) is 14.2 Å². The number of hydrogen-bond acceptors (Lipinski definition) is 8. The number of hydrogen-bond donors (Lipinski definition) is 2. The SMILES string of the molecule is COc1ccc(S(=O)(=O)N[C@@H](C)C(=O)OC(C)C(=O)Nc2ccc(N3CCOCC3)cc2)cc1. The Bertz CT molecular complexity index is 1080. The zero-order chi connectivity index (χ0) is 24.7. The highest BCUT2D eigenvalue weighted by molar-refractivity contribution is 7.89. The van der Waals surface area contributed by atoms with Gasteiger partial charge in [0.05, 0.1) is 25.2 Å². The highest BCUT2D eigenvalue weighted by atomic mass is 32.2. The lowest BCUT2D eigenvalue weighted by molar-refractivity contribution is -0.154. The van der Waals surface area contributed by atoms with Gasteiger partial charge < -0.3 is 24.4 Å². The van der Waals surface area contributed by atoms with Crippen LogP contribution >= 0.6 is 0 Å². The predicted octanol–water partition coefficient (Wildman–Crippen LogP) is 1.77. The fourth-order valence-corrected chi connectivity index (χ4v) is 4.45. The summed E-state index contributed by atoms with van der Waals surface area (Å²) >= 11 is 0. The van der Waals surface area contributed by atoms with Crippen LogP contribution in [0.5, 0.6) is 5.75 Å². The van der Waals surface area contributed by atoms with Gasteiger partial charge in [-0.1, -0.05) is 0 Å². The van der Waals surface area contributed by atoms with Crippen molar-refractivity contribution in [2.45, 2.75) is 30.9 Å². The van der Waals surface area contributed by atoms with Crippen LogP contribution in [0.3, 0.4) is 0 Å². The number of benzene rings is 2. The van der Waals surface area contributed by atoms with Crippen LogP contribution in [0.25, 0.3) is 0 Å². The number of anilines is 2. The summed E-state index contributed by atoms with van der Waals surface area (Å²) in [6.07, 6.45) is -1.13. The smallest absolute Gasteiger partial charge is 0.324 e. The molecule has 2 atom stereocenters. The molecular weight excluding hydrogens is 462 g/mol. The van der Waals surface area contributed by atoms with E-state index in [1.807, 2.05) is 12.1 Å². The number of nitrogens with one attached hydrogen (secondary N) is 2. The number of sulfonamides is 1. The van der Waals surface area contributed by atoms with Crippen LogP contribution in [0.2, 0.25) is 0 Å². The van der Waals surface area contributed by atoms with Gasteiger partial charge in [-0.15, -0.1) is 0 Å². The quantitative estimate of drug-likeness (QED) is 0.509. The third-order valence-electron chi connectivity index (χ3n) is 5.23. The minimum Gasteiger partial charge on any atom is -0.497 e. The molecule has 2 aromatic carbocycles. The zero-order valence-corrected chi connectivity index (χ0v) is 20.1. The van der Waals surface area contributed by atoms with Gasteiger partial charge in [-0.25, -0.2) is 8.42 Å². The van der Waals surface area contributed by atoms with Crippen molar-refractivity contribution in [2.75, 3.05) is 43.6 Å². The Hall–Kier alpha value is -3.15. The minimum absolute atomic E-state index is 0.0285. The van der Waals surface area contributed by atoms with Crippen molar-refractivity contribution in [3.63, 3.8) is 0 Å². The van der Waals surface area contributed by atoms with Crippen LogP contribution in [0.4, 0.5) is 11.4 Å². The molecule has 0 spiro atoms. The molecule has 0 aliphatic carbocycles. The lowest BCUT2D eigenvalue weighted by Crippen LogP contribution is -2.42. The molecule has 0 radical (unpaired) electrons. The molecule has 2 N–H and O–H groups in total.